The number of hydrogen-bond donors (Lipinski definition) is 2. The van der Waals surface area contributed by atoms with Gasteiger partial charge in [-0.2, -0.15) is 0 Å². The zero-order valence-electron chi connectivity index (χ0n) is 20.2. The molecule has 194 valence electrons. The highest BCUT2D eigenvalue weighted by Crippen LogP contribution is 2.47. The van der Waals surface area contributed by atoms with Gasteiger partial charge in [-0.25, -0.2) is 13.2 Å². The summed E-state index contributed by atoms with van der Waals surface area (Å²) in [6.07, 6.45) is -0.781. The number of carbonyl (C=O) groups is 2. The fourth-order valence-corrected chi connectivity index (χ4v) is 4.44. The topological polar surface area (TPSA) is 78.9 Å². The van der Waals surface area contributed by atoms with Gasteiger partial charge in [0.15, 0.2) is 5.60 Å². The first-order valence-electron chi connectivity index (χ1n) is 11.3. The first kappa shape index (κ1) is 26.5. The molecule has 1 aliphatic heterocycles. The molecule has 1 aliphatic rings. The predicted molar refractivity (Wildman–Crippen MR) is 134 cm³/mol. The molecule has 2 amide bonds. The van der Waals surface area contributed by atoms with Gasteiger partial charge in [0.1, 0.15) is 11.6 Å². The molecule has 10 heteroatoms. The average Bonchev–Trinajstić information content (AvgIpc) is 2.92. The zero-order chi connectivity index (χ0) is 27.1. The number of halogens is 4. The van der Waals surface area contributed by atoms with Crippen molar-refractivity contribution in [2.75, 3.05) is 23.9 Å². The van der Waals surface area contributed by atoms with Gasteiger partial charge in [-0.3, -0.25) is 9.59 Å². The van der Waals surface area contributed by atoms with Crippen LogP contribution in [-0.4, -0.2) is 36.5 Å². The molecule has 0 aromatic heterocycles. The Kier molecular flexibility index (Phi) is 6.96. The fourth-order valence-electron chi connectivity index (χ4n) is 4.27. The number of anilines is 2. The van der Waals surface area contributed by atoms with E-state index >= 15 is 0 Å². The quantitative estimate of drug-likeness (QED) is 0.436. The van der Waals surface area contributed by atoms with E-state index in [0.29, 0.717) is 5.56 Å². The van der Waals surface area contributed by atoms with Crippen LogP contribution in [0.2, 0.25) is 5.02 Å². The Labute approximate surface area is 216 Å². The smallest absolute Gasteiger partial charge is 0.281 e. The summed E-state index contributed by atoms with van der Waals surface area (Å²) in [5.41, 5.74) is -1.59. The summed E-state index contributed by atoms with van der Waals surface area (Å²) < 4.78 is 48.7. The number of aliphatic hydroxyl groups is 1. The second-order valence-corrected chi connectivity index (χ2v) is 9.41. The van der Waals surface area contributed by atoms with E-state index in [1.165, 1.54) is 55.6 Å². The third kappa shape index (κ3) is 4.89. The molecule has 1 heterocycles. The van der Waals surface area contributed by atoms with Gasteiger partial charge in [-0.1, -0.05) is 17.7 Å². The van der Waals surface area contributed by atoms with E-state index in [1.54, 1.807) is 6.92 Å². The number of fused-ring (bicyclic) bond motifs is 1. The van der Waals surface area contributed by atoms with Crippen LogP contribution in [0.1, 0.15) is 45.2 Å². The average molecular weight is 533 g/mol. The molecule has 0 radical (unpaired) electrons. The molecule has 0 unspecified atom stereocenters. The number of aryl methyl sites for hydroxylation is 1. The summed E-state index contributed by atoms with van der Waals surface area (Å²) in [4.78, 5) is 27.4. The van der Waals surface area contributed by atoms with Gasteiger partial charge in [-0.05, 0) is 67.9 Å². The van der Waals surface area contributed by atoms with Crippen LogP contribution in [-0.2, 0) is 5.60 Å². The van der Waals surface area contributed by atoms with Gasteiger partial charge in [0, 0.05) is 34.7 Å². The second kappa shape index (κ2) is 9.72. The lowest BCUT2D eigenvalue weighted by Crippen LogP contribution is -2.42. The molecule has 2 N–H and O–H groups in total. The molecule has 0 saturated heterocycles. The molecule has 0 saturated carbocycles. The monoisotopic (exact) mass is 532 g/mol. The van der Waals surface area contributed by atoms with Crippen LogP contribution in [0.4, 0.5) is 24.5 Å². The maximum Gasteiger partial charge on any atom is 0.281 e. The maximum atomic E-state index is 14.9. The van der Waals surface area contributed by atoms with Crippen LogP contribution in [0, 0.1) is 12.7 Å². The predicted octanol–water partition coefficient (Wildman–Crippen LogP) is 5.94. The number of hydrogen-bond acceptors (Lipinski definition) is 4. The van der Waals surface area contributed by atoms with Gasteiger partial charge in [0.2, 0.25) is 0 Å². The zero-order valence-corrected chi connectivity index (χ0v) is 21.0. The lowest BCUT2D eigenvalue weighted by Gasteiger charge is -2.32. The number of nitrogens with one attached hydrogen (secondary N) is 1. The van der Waals surface area contributed by atoms with E-state index in [-0.39, 0.29) is 45.4 Å². The highest BCUT2D eigenvalue weighted by Gasteiger charge is 2.53. The van der Waals surface area contributed by atoms with E-state index < -0.39 is 35.6 Å². The van der Waals surface area contributed by atoms with Crippen LogP contribution in [0.15, 0.2) is 54.6 Å². The van der Waals surface area contributed by atoms with Gasteiger partial charge < -0.3 is 20.1 Å². The van der Waals surface area contributed by atoms with E-state index in [0.717, 1.165) is 17.9 Å². The number of benzene rings is 3. The Balaban J connectivity index is 1.68. The molecule has 0 bridgehead atoms. The molecule has 1 atom stereocenters. The van der Waals surface area contributed by atoms with Gasteiger partial charge in [0.25, 0.3) is 17.7 Å². The molecular weight excluding hydrogens is 509 g/mol. The Morgan fingerprint density at radius 2 is 1.84 bits per heavy atom. The number of amides is 2. The van der Waals surface area contributed by atoms with Gasteiger partial charge in [0.05, 0.1) is 18.5 Å². The van der Waals surface area contributed by atoms with Crippen LogP contribution in [0.3, 0.4) is 0 Å². The number of rotatable bonds is 4. The highest BCUT2D eigenvalue weighted by molar-refractivity contribution is 6.30. The Hall–Kier alpha value is -3.56. The standard InChI is InChI=1S/C27H24ClF3N2O4/c1-15-4-7-18(29)14-19(15)24(34)32-21-8-5-16(12-23(21)37-3)25(35)33-11-10-27(30,31)26(2,36)20-13-17(28)6-9-22(20)33/h4-9,12-14,36H,10-11H2,1-3H3,(H,32,34)/t26-/m1/s1. The lowest BCUT2D eigenvalue weighted by molar-refractivity contribution is -0.177. The van der Waals surface area contributed by atoms with Crippen molar-refractivity contribution in [3.05, 3.63) is 87.7 Å². The second-order valence-electron chi connectivity index (χ2n) is 8.97. The summed E-state index contributed by atoms with van der Waals surface area (Å²) in [7, 11) is 1.34. The van der Waals surface area contributed by atoms with Crippen molar-refractivity contribution in [3.8, 4) is 5.75 Å². The van der Waals surface area contributed by atoms with Crippen molar-refractivity contribution in [1.29, 1.82) is 0 Å². The first-order valence-corrected chi connectivity index (χ1v) is 11.7. The summed E-state index contributed by atoms with van der Waals surface area (Å²) in [6, 6.07) is 12.2. The molecule has 0 fully saturated rings. The Bertz CT molecular complexity index is 1390. The summed E-state index contributed by atoms with van der Waals surface area (Å²) in [5, 5.41) is 13.5. The van der Waals surface area contributed by atoms with E-state index in [9.17, 15) is 27.9 Å². The summed E-state index contributed by atoms with van der Waals surface area (Å²) in [6.45, 7) is 2.30. The Morgan fingerprint density at radius 3 is 2.54 bits per heavy atom. The minimum absolute atomic E-state index is 0.0996. The molecule has 3 aromatic rings. The molecule has 4 rings (SSSR count). The first-order chi connectivity index (χ1) is 17.4. The molecule has 0 aliphatic carbocycles. The number of ether oxygens (including phenoxy) is 1. The SMILES string of the molecule is COc1cc(C(=O)N2CCC(F)(F)[C@](C)(O)c3cc(Cl)ccc32)ccc1NC(=O)c1cc(F)ccc1C. The summed E-state index contributed by atoms with van der Waals surface area (Å²) in [5.74, 6) is -5.14. The number of carbonyl (C=O) groups excluding carboxylic acids is 2. The third-order valence-electron chi connectivity index (χ3n) is 6.52. The van der Waals surface area contributed by atoms with E-state index in [1.807, 2.05) is 0 Å². The van der Waals surface area contributed by atoms with E-state index in [4.69, 9.17) is 16.3 Å². The van der Waals surface area contributed by atoms with Gasteiger partial charge >= 0.3 is 0 Å². The van der Waals surface area contributed by atoms with Crippen molar-refractivity contribution in [1.82, 2.24) is 0 Å². The Morgan fingerprint density at radius 1 is 1.11 bits per heavy atom. The molecule has 37 heavy (non-hydrogen) atoms. The van der Waals surface area contributed by atoms with Crippen molar-refractivity contribution in [2.24, 2.45) is 0 Å². The van der Waals surface area contributed by atoms with E-state index in [2.05, 4.69) is 5.32 Å². The molecule has 0 spiro atoms. The fraction of sp³-hybridized carbons (Fsp3) is 0.259. The van der Waals surface area contributed by atoms with Crippen LogP contribution >= 0.6 is 11.6 Å². The number of alkyl halides is 2. The third-order valence-corrected chi connectivity index (χ3v) is 6.76. The summed E-state index contributed by atoms with van der Waals surface area (Å²) >= 11 is 6.02. The van der Waals surface area contributed by atoms with Crippen LogP contribution < -0.4 is 15.0 Å². The van der Waals surface area contributed by atoms with Crippen molar-refractivity contribution >= 4 is 34.8 Å². The van der Waals surface area contributed by atoms with Crippen LogP contribution in [0.5, 0.6) is 5.75 Å². The maximum absolute atomic E-state index is 14.9. The normalized spacial score (nSPS) is 18.5. The van der Waals surface area contributed by atoms with Crippen molar-refractivity contribution in [2.45, 2.75) is 31.8 Å². The van der Waals surface area contributed by atoms with Crippen molar-refractivity contribution < 1.29 is 32.6 Å². The minimum atomic E-state index is -3.53. The highest BCUT2D eigenvalue weighted by atomic mass is 35.5. The molecular formula is C27H24ClF3N2O4. The number of methoxy groups -OCH3 is 1. The lowest BCUT2D eigenvalue weighted by atomic mass is 9.87. The van der Waals surface area contributed by atoms with Crippen molar-refractivity contribution in [3.63, 3.8) is 0 Å². The largest absolute Gasteiger partial charge is 0.495 e. The number of nitrogens with zero attached hydrogens (tertiary/aromatic N) is 1. The van der Waals surface area contributed by atoms with Crippen LogP contribution in [0.25, 0.3) is 0 Å². The molecule has 6 nitrogen and oxygen atoms in total. The van der Waals surface area contributed by atoms with Gasteiger partial charge in [-0.15, -0.1) is 0 Å². The molecule has 3 aromatic carbocycles. The minimum Gasteiger partial charge on any atom is -0.495 e.